The van der Waals surface area contributed by atoms with E-state index in [0.717, 1.165) is 5.56 Å². The quantitative estimate of drug-likeness (QED) is 0.731. The van der Waals surface area contributed by atoms with E-state index in [9.17, 15) is 9.18 Å². The molecule has 2 N–H and O–H groups in total. The van der Waals surface area contributed by atoms with Crippen LogP contribution in [0.1, 0.15) is 17.4 Å². The normalized spacial score (nSPS) is 11.9. The monoisotopic (exact) mass is 328 g/mol. The first-order valence-corrected chi connectivity index (χ1v) is 7.51. The summed E-state index contributed by atoms with van der Waals surface area (Å²) in [5.41, 5.74) is 0.821. The Morgan fingerprint density at radius 1 is 1.21 bits per heavy atom. The second-order valence-corrected chi connectivity index (χ2v) is 5.21. The average molecular weight is 328 g/mol. The summed E-state index contributed by atoms with van der Waals surface area (Å²) in [4.78, 5) is 12.0. The number of urea groups is 1. The van der Waals surface area contributed by atoms with Crippen molar-refractivity contribution in [2.45, 2.75) is 12.6 Å². The molecule has 6 nitrogen and oxygen atoms in total. The Kier molecular flexibility index (Phi) is 4.90. The number of halogens is 1. The van der Waals surface area contributed by atoms with Crippen LogP contribution in [0.5, 0.6) is 0 Å². The smallest absolute Gasteiger partial charge is 0.315 e. The summed E-state index contributed by atoms with van der Waals surface area (Å²) in [6, 6.07) is 10.9. The van der Waals surface area contributed by atoms with Crippen molar-refractivity contribution in [1.29, 1.82) is 0 Å². The van der Waals surface area contributed by atoms with E-state index < -0.39 is 0 Å². The second kappa shape index (κ2) is 7.45. The van der Waals surface area contributed by atoms with Crippen molar-refractivity contribution in [3.05, 3.63) is 78.3 Å². The van der Waals surface area contributed by atoms with Gasteiger partial charge in [-0.2, -0.15) is 5.10 Å². The molecule has 3 aromatic rings. The molecule has 2 heterocycles. The summed E-state index contributed by atoms with van der Waals surface area (Å²) < 4.78 is 20.0. The number of furan rings is 1. The Morgan fingerprint density at radius 2 is 2.04 bits per heavy atom. The summed E-state index contributed by atoms with van der Waals surface area (Å²) in [6.45, 7) is 0.643. The van der Waals surface area contributed by atoms with Gasteiger partial charge < -0.3 is 15.1 Å². The minimum atomic E-state index is -0.317. The Balaban J connectivity index is 1.54. The number of nitrogens with one attached hydrogen (secondary N) is 2. The van der Waals surface area contributed by atoms with Crippen molar-refractivity contribution in [3.63, 3.8) is 0 Å². The number of hydrogen-bond acceptors (Lipinski definition) is 3. The van der Waals surface area contributed by atoms with Crippen LogP contribution in [-0.4, -0.2) is 22.4 Å². The van der Waals surface area contributed by atoms with Crippen molar-refractivity contribution in [3.8, 4) is 0 Å². The van der Waals surface area contributed by atoms with Gasteiger partial charge in [0.15, 0.2) is 0 Å². The van der Waals surface area contributed by atoms with Gasteiger partial charge in [-0.05, 0) is 35.9 Å². The molecule has 2 aromatic heterocycles. The van der Waals surface area contributed by atoms with E-state index in [2.05, 4.69) is 15.7 Å². The second-order valence-electron chi connectivity index (χ2n) is 5.21. The fourth-order valence-electron chi connectivity index (χ4n) is 2.31. The molecule has 2 amide bonds. The third kappa shape index (κ3) is 4.01. The van der Waals surface area contributed by atoms with Gasteiger partial charge in [-0.1, -0.05) is 12.1 Å². The van der Waals surface area contributed by atoms with Crippen molar-refractivity contribution in [2.75, 3.05) is 6.54 Å². The molecule has 1 atom stereocenters. The first kappa shape index (κ1) is 15.8. The van der Waals surface area contributed by atoms with Crippen LogP contribution in [0.15, 0.2) is 65.5 Å². The zero-order chi connectivity index (χ0) is 16.8. The van der Waals surface area contributed by atoms with Crippen LogP contribution >= 0.6 is 0 Å². The Hall–Kier alpha value is -3.09. The van der Waals surface area contributed by atoms with Gasteiger partial charge in [0.05, 0.1) is 6.26 Å². The van der Waals surface area contributed by atoms with Gasteiger partial charge in [0, 0.05) is 25.5 Å². The average Bonchev–Trinajstić information content (AvgIpc) is 3.29. The molecule has 0 unspecified atom stereocenters. The first-order valence-electron chi connectivity index (χ1n) is 7.51. The molecule has 0 saturated heterocycles. The SMILES string of the molecule is O=C(NCc1ccc(F)cc1)NC[C@H](c1ccco1)n1cccn1. The lowest BCUT2D eigenvalue weighted by Gasteiger charge is -2.16. The molecule has 24 heavy (non-hydrogen) atoms. The van der Waals surface area contributed by atoms with E-state index in [-0.39, 0.29) is 17.9 Å². The molecular formula is C17H17FN4O2. The Labute approximate surface area is 138 Å². The minimum Gasteiger partial charge on any atom is -0.467 e. The number of carbonyl (C=O) groups excluding carboxylic acids is 1. The Morgan fingerprint density at radius 3 is 2.71 bits per heavy atom. The fourth-order valence-corrected chi connectivity index (χ4v) is 2.31. The maximum absolute atomic E-state index is 12.8. The fraction of sp³-hybridized carbons (Fsp3) is 0.176. The van der Waals surface area contributed by atoms with Gasteiger partial charge in [0.1, 0.15) is 17.6 Å². The Bertz CT molecular complexity index is 720. The third-order valence-electron chi connectivity index (χ3n) is 3.54. The molecule has 0 aliphatic rings. The molecule has 7 heteroatoms. The highest BCUT2D eigenvalue weighted by Crippen LogP contribution is 2.17. The number of hydrogen-bond donors (Lipinski definition) is 2. The zero-order valence-electron chi connectivity index (χ0n) is 12.9. The van der Waals surface area contributed by atoms with E-state index in [1.54, 1.807) is 35.3 Å². The molecule has 0 aliphatic heterocycles. The zero-order valence-corrected chi connectivity index (χ0v) is 12.9. The molecule has 0 bridgehead atoms. The molecule has 0 aliphatic carbocycles. The highest BCUT2D eigenvalue weighted by atomic mass is 19.1. The van der Waals surface area contributed by atoms with Gasteiger partial charge in [0.25, 0.3) is 0 Å². The number of nitrogens with zero attached hydrogens (tertiary/aromatic N) is 2. The van der Waals surface area contributed by atoms with E-state index in [4.69, 9.17) is 4.42 Å². The number of aromatic nitrogens is 2. The largest absolute Gasteiger partial charge is 0.467 e. The van der Waals surface area contributed by atoms with Gasteiger partial charge in [-0.15, -0.1) is 0 Å². The summed E-state index contributed by atoms with van der Waals surface area (Å²) in [5.74, 6) is 0.404. The van der Waals surface area contributed by atoms with Crippen LogP contribution in [0, 0.1) is 5.82 Å². The summed E-state index contributed by atoms with van der Waals surface area (Å²) in [5, 5.41) is 9.73. The van der Waals surface area contributed by atoms with Crippen LogP contribution in [0.3, 0.4) is 0 Å². The highest BCUT2D eigenvalue weighted by Gasteiger charge is 2.17. The van der Waals surface area contributed by atoms with E-state index >= 15 is 0 Å². The highest BCUT2D eigenvalue weighted by molar-refractivity contribution is 5.73. The van der Waals surface area contributed by atoms with E-state index in [1.165, 1.54) is 12.1 Å². The third-order valence-corrected chi connectivity index (χ3v) is 3.54. The van der Waals surface area contributed by atoms with Crippen LogP contribution in [0.2, 0.25) is 0 Å². The minimum absolute atomic E-state index is 0.230. The number of carbonyl (C=O) groups is 1. The number of rotatable bonds is 6. The number of amides is 2. The van der Waals surface area contributed by atoms with Gasteiger partial charge in [-0.3, -0.25) is 4.68 Å². The molecule has 0 spiro atoms. The van der Waals surface area contributed by atoms with Gasteiger partial charge >= 0.3 is 6.03 Å². The first-order chi connectivity index (χ1) is 11.7. The summed E-state index contributed by atoms with van der Waals surface area (Å²) in [7, 11) is 0. The van der Waals surface area contributed by atoms with Crippen molar-refractivity contribution < 1.29 is 13.6 Å². The van der Waals surface area contributed by atoms with Gasteiger partial charge in [-0.25, -0.2) is 9.18 Å². The summed E-state index contributed by atoms with van der Waals surface area (Å²) in [6.07, 6.45) is 5.07. The molecule has 0 fully saturated rings. The molecule has 0 saturated carbocycles. The predicted octanol–water partition coefficient (Wildman–Crippen LogP) is 2.70. The van der Waals surface area contributed by atoms with Crippen LogP contribution in [0.25, 0.3) is 0 Å². The summed E-state index contributed by atoms with van der Waals surface area (Å²) >= 11 is 0. The topological polar surface area (TPSA) is 72.1 Å². The molecule has 3 rings (SSSR count). The molecule has 0 radical (unpaired) electrons. The van der Waals surface area contributed by atoms with Crippen molar-refractivity contribution in [2.24, 2.45) is 0 Å². The number of benzene rings is 1. The lowest BCUT2D eigenvalue weighted by Crippen LogP contribution is -2.38. The maximum Gasteiger partial charge on any atom is 0.315 e. The van der Waals surface area contributed by atoms with Crippen LogP contribution in [0.4, 0.5) is 9.18 Å². The standard InChI is InChI=1S/C17H17FN4O2/c18-14-6-4-13(5-7-14)11-19-17(23)20-12-15(16-3-1-10-24-16)22-9-2-8-21-22/h1-10,15H,11-12H2,(H2,19,20,23)/t15-/m1/s1. The van der Waals surface area contributed by atoms with Gasteiger partial charge in [0.2, 0.25) is 0 Å². The predicted molar refractivity (Wildman–Crippen MR) is 85.7 cm³/mol. The molecule has 1 aromatic carbocycles. The molecular weight excluding hydrogens is 311 g/mol. The van der Waals surface area contributed by atoms with E-state index in [0.29, 0.717) is 18.8 Å². The molecule has 124 valence electrons. The van der Waals surface area contributed by atoms with E-state index in [1.807, 2.05) is 18.3 Å². The van der Waals surface area contributed by atoms with Crippen LogP contribution < -0.4 is 10.6 Å². The maximum atomic E-state index is 12.8. The van der Waals surface area contributed by atoms with Crippen molar-refractivity contribution in [1.82, 2.24) is 20.4 Å². The van der Waals surface area contributed by atoms with Crippen molar-refractivity contribution >= 4 is 6.03 Å². The lowest BCUT2D eigenvalue weighted by molar-refractivity contribution is 0.238. The lowest BCUT2D eigenvalue weighted by atomic mass is 10.2. The van der Waals surface area contributed by atoms with Crippen LogP contribution in [-0.2, 0) is 6.54 Å².